The number of sulfonamides is 1. The molecule has 0 radical (unpaired) electrons. The quantitative estimate of drug-likeness (QED) is 0.713. The van der Waals surface area contributed by atoms with E-state index < -0.39 is 10.0 Å². The van der Waals surface area contributed by atoms with Crippen LogP contribution in [0.25, 0.3) is 22.3 Å². The van der Waals surface area contributed by atoms with Crippen LogP contribution < -0.4 is 4.31 Å². The molecule has 0 spiro atoms. The molecular weight excluding hydrogens is 357 g/mol. The molecule has 0 aliphatic rings. The number of aryl methyl sites for hydroxylation is 1. The van der Waals surface area contributed by atoms with Gasteiger partial charge in [0.25, 0.3) is 0 Å². The molecule has 138 valence electrons. The number of rotatable bonds is 6. The molecule has 1 aromatic heterocycles. The van der Waals surface area contributed by atoms with Crippen molar-refractivity contribution in [2.24, 2.45) is 0 Å². The van der Waals surface area contributed by atoms with Gasteiger partial charge in [-0.2, -0.15) is 0 Å². The van der Waals surface area contributed by atoms with Gasteiger partial charge in [-0.05, 0) is 48.4 Å². The number of fused-ring (bicyclic) bond motifs is 1. The molecule has 0 bridgehead atoms. The van der Waals surface area contributed by atoms with Crippen molar-refractivity contribution in [3.63, 3.8) is 0 Å². The molecule has 3 rings (SSSR count). The summed E-state index contributed by atoms with van der Waals surface area (Å²) < 4.78 is 44.4. The van der Waals surface area contributed by atoms with Gasteiger partial charge in [0.2, 0.25) is 10.0 Å². The second-order valence-corrected chi connectivity index (χ2v) is 7.96. The first kappa shape index (κ1) is 18.4. The first-order valence-electron chi connectivity index (χ1n) is 8.24. The van der Waals surface area contributed by atoms with Crippen LogP contribution in [0.3, 0.4) is 0 Å². The van der Waals surface area contributed by atoms with Gasteiger partial charge in [0, 0.05) is 17.0 Å². The van der Waals surface area contributed by atoms with Crippen molar-refractivity contribution >= 4 is 26.7 Å². The number of aliphatic hydroxyl groups excluding tert-OH is 1. The zero-order valence-corrected chi connectivity index (χ0v) is 15.4. The Bertz CT molecular complexity index is 1030. The van der Waals surface area contributed by atoms with Crippen LogP contribution in [-0.4, -0.2) is 32.9 Å². The summed E-state index contributed by atoms with van der Waals surface area (Å²) in [6, 6.07) is 11.4. The van der Waals surface area contributed by atoms with Gasteiger partial charge in [0.05, 0.1) is 25.1 Å². The van der Waals surface area contributed by atoms with E-state index >= 15 is 0 Å². The molecule has 5 nitrogen and oxygen atoms in total. The number of hydrogen-bond acceptors (Lipinski definition) is 4. The number of benzene rings is 2. The lowest BCUT2D eigenvalue weighted by Gasteiger charge is -2.23. The highest BCUT2D eigenvalue weighted by molar-refractivity contribution is 7.92. The lowest BCUT2D eigenvalue weighted by atomic mass is 10.1. The van der Waals surface area contributed by atoms with Crippen molar-refractivity contribution in [3.8, 4) is 11.3 Å². The second-order valence-electron chi connectivity index (χ2n) is 6.05. The topological polar surface area (TPSA) is 70.8 Å². The van der Waals surface area contributed by atoms with Crippen molar-refractivity contribution in [1.82, 2.24) is 0 Å². The van der Waals surface area contributed by atoms with E-state index in [9.17, 15) is 17.9 Å². The van der Waals surface area contributed by atoms with Crippen LogP contribution in [0.5, 0.6) is 0 Å². The maximum absolute atomic E-state index is 13.1. The minimum Gasteiger partial charge on any atom is -0.456 e. The number of halogens is 1. The van der Waals surface area contributed by atoms with Gasteiger partial charge in [-0.15, -0.1) is 0 Å². The first-order valence-corrected chi connectivity index (χ1v) is 10.1. The number of furan rings is 1. The molecule has 0 aliphatic carbocycles. The molecule has 0 saturated heterocycles. The SMILES string of the molecule is CCc1cc2cc(-c3ccc(F)cc3)oc2cc1N(CCO)S(C)(=O)=O. The van der Waals surface area contributed by atoms with E-state index in [0.717, 1.165) is 22.8 Å². The molecule has 26 heavy (non-hydrogen) atoms. The fourth-order valence-corrected chi connectivity index (χ4v) is 3.89. The number of anilines is 1. The van der Waals surface area contributed by atoms with E-state index in [-0.39, 0.29) is 19.0 Å². The summed E-state index contributed by atoms with van der Waals surface area (Å²) in [6.07, 6.45) is 1.73. The summed E-state index contributed by atoms with van der Waals surface area (Å²) >= 11 is 0. The summed E-state index contributed by atoms with van der Waals surface area (Å²) in [5.41, 5.74) is 2.60. The maximum atomic E-state index is 13.1. The van der Waals surface area contributed by atoms with Crippen molar-refractivity contribution < 1.29 is 22.3 Å². The summed E-state index contributed by atoms with van der Waals surface area (Å²) in [5.74, 6) is 0.250. The number of aliphatic hydroxyl groups is 1. The Morgan fingerprint density at radius 2 is 1.85 bits per heavy atom. The molecule has 0 saturated carbocycles. The highest BCUT2D eigenvalue weighted by Crippen LogP contribution is 2.34. The normalized spacial score (nSPS) is 11.8. The predicted molar refractivity (Wildman–Crippen MR) is 100 cm³/mol. The third-order valence-electron chi connectivity index (χ3n) is 4.20. The largest absolute Gasteiger partial charge is 0.456 e. The number of nitrogens with zero attached hydrogens (tertiary/aromatic N) is 1. The maximum Gasteiger partial charge on any atom is 0.232 e. The Labute approximate surface area is 151 Å². The summed E-state index contributed by atoms with van der Waals surface area (Å²) in [7, 11) is -3.54. The lowest BCUT2D eigenvalue weighted by Crippen LogP contribution is -2.33. The molecule has 3 aromatic rings. The predicted octanol–water partition coefficient (Wildman–Crippen LogP) is 3.56. The standard InChI is InChI=1S/C19H20FNO4S/c1-3-13-10-15-11-18(14-4-6-16(20)7-5-14)25-19(15)12-17(13)21(8-9-22)26(2,23)24/h4-7,10-12,22H,3,8-9H2,1-2H3. The minimum atomic E-state index is -3.54. The first-order chi connectivity index (χ1) is 12.3. The molecule has 0 aliphatic heterocycles. The zero-order chi connectivity index (χ0) is 18.9. The van der Waals surface area contributed by atoms with E-state index in [1.807, 2.05) is 19.1 Å². The Kier molecular flexibility index (Phi) is 5.02. The lowest BCUT2D eigenvalue weighted by molar-refractivity contribution is 0.306. The fraction of sp³-hybridized carbons (Fsp3) is 0.263. The third-order valence-corrected chi connectivity index (χ3v) is 5.38. The molecular formula is C19H20FNO4S. The zero-order valence-electron chi connectivity index (χ0n) is 14.6. The van der Waals surface area contributed by atoms with Gasteiger partial charge in [0.1, 0.15) is 17.2 Å². The molecule has 0 unspecified atom stereocenters. The smallest absolute Gasteiger partial charge is 0.232 e. The van der Waals surface area contributed by atoms with Gasteiger partial charge in [-0.1, -0.05) is 6.92 Å². The van der Waals surface area contributed by atoms with Crippen LogP contribution in [0.15, 0.2) is 46.9 Å². The Balaban J connectivity index is 2.14. The van der Waals surface area contributed by atoms with E-state index in [4.69, 9.17) is 4.42 Å². The highest BCUT2D eigenvalue weighted by Gasteiger charge is 2.21. The molecule has 1 N–H and O–H groups in total. The van der Waals surface area contributed by atoms with E-state index in [1.54, 1.807) is 18.2 Å². The number of hydrogen-bond donors (Lipinski definition) is 1. The molecule has 7 heteroatoms. The van der Waals surface area contributed by atoms with Crippen molar-refractivity contribution in [2.75, 3.05) is 23.7 Å². The summed E-state index contributed by atoms with van der Waals surface area (Å²) in [6.45, 7) is 1.63. The van der Waals surface area contributed by atoms with Gasteiger partial charge in [0.15, 0.2) is 0 Å². The second kappa shape index (κ2) is 7.09. The van der Waals surface area contributed by atoms with Crippen LogP contribution in [-0.2, 0) is 16.4 Å². The van der Waals surface area contributed by atoms with E-state index in [2.05, 4.69) is 0 Å². The van der Waals surface area contributed by atoms with Crippen LogP contribution in [0.2, 0.25) is 0 Å². The van der Waals surface area contributed by atoms with E-state index in [1.165, 1.54) is 16.4 Å². The molecule has 0 amide bonds. The van der Waals surface area contributed by atoms with Crippen LogP contribution in [0.4, 0.5) is 10.1 Å². The van der Waals surface area contributed by atoms with Crippen LogP contribution in [0.1, 0.15) is 12.5 Å². The Morgan fingerprint density at radius 1 is 1.15 bits per heavy atom. The van der Waals surface area contributed by atoms with Crippen molar-refractivity contribution in [1.29, 1.82) is 0 Å². The Hall–Kier alpha value is -2.38. The molecule has 0 atom stereocenters. The van der Waals surface area contributed by atoms with Crippen LogP contribution >= 0.6 is 0 Å². The summed E-state index contributed by atoms with van der Waals surface area (Å²) in [5, 5.41) is 10.1. The average Bonchev–Trinajstić information content (AvgIpc) is 3.01. The van der Waals surface area contributed by atoms with Crippen LogP contribution in [0, 0.1) is 5.82 Å². The average molecular weight is 377 g/mol. The molecule has 1 heterocycles. The van der Waals surface area contributed by atoms with Gasteiger partial charge in [-0.25, -0.2) is 12.8 Å². The Morgan fingerprint density at radius 3 is 2.42 bits per heavy atom. The van der Waals surface area contributed by atoms with E-state index in [0.29, 0.717) is 23.5 Å². The third kappa shape index (κ3) is 3.59. The molecule has 0 fully saturated rings. The van der Waals surface area contributed by atoms with Gasteiger partial charge < -0.3 is 9.52 Å². The van der Waals surface area contributed by atoms with Gasteiger partial charge >= 0.3 is 0 Å². The van der Waals surface area contributed by atoms with Gasteiger partial charge in [-0.3, -0.25) is 4.31 Å². The monoisotopic (exact) mass is 377 g/mol. The van der Waals surface area contributed by atoms with Crippen molar-refractivity contribution in [2.45, 2.75) is 13.3 Å². The van der Waals surface area contributed by atoms with Crippen molar-refractivity contribution in [3.05, 3.63) is 53.8 Å². The minimum absolute atomic E-state index is 0.0249. The molecule has 2 aromatic carbocycles. The summed E-state index contributed by atoms with van der Waals surface area (Å²) in [4.78, 5) is 0. The highest BCUT2D eigenvalue weighted by atomic mass is 32.2. The fourth-order valence-electron chi connectivity index (χ4n) is 2.95.